The van der Waals surface area contributed by atoms with Gasteiger partial charge >= 0.3 is 6.16 Å². The van der Waals surface area contributed by atoms with Crippen LogP contribution in [0.3, 0.4) is 0 Å². The van der Waals surface area contributed by atoms with E-state index in [1.807, 2.05) is 76.2 Å². The second kappa shape index (κ2) is 28.9. The van der Waals surface area contributed by atoms with Gasteiger partial charge in [-0.2, -0.15) is 0 Å². The van der Waals surface area contributed by atoms with E-state index < -0.39 is 18.0 Å². The van der Waals surface area contributed by atoms with E-state index in [9.17, 15) is 14.4 Å². The molecule has 10 heteroatoms. The van der Waals surface area contributed by atoms with E-state index in [0.717, 1.165) is 61.5 Å². The van der Waals surface area contributed by atoms with Crippen molar-refractivity contribution < 1.29 is 42.9 Å². The number of fused-ring (bicyclic) bond motifs is 3. The third-order valence-electron chi connectivity index (χ3n) is 6.65. The zero-order chi connectivity index (χ0) is 35.3. The highest BCUT2D eigenvalue weighted by Gasteiger charge is 2.34. The van der Waals surface area contributed by atoms with Gasteiger partial charge in [-0.25, -0.2) is 4.79 Å². The minimum atomic E-state index is -1.05. The van der Waals surface area contributed by atoms with Gasteiger partial charge in [0, 0.05) is 46.2 Å². The molecule has 0 N–H and O–H groups in total. The SMILES string of the molecule is CC.CC.CCCCOCCOC.CCCCOCCOC.O=C(OCC1c2ccccc2-c2ccccc21)ON1C(=O)CCC1=O. The first-order valence-electron chi connectivity index (χ1n) is 17.0. The van der Waals surface area contributed by atoms with Crippen molar-refractivity contribution in [3.05, 3.63) is 59.7 Å². The Bertz CT molecular complexity index is 1020. The fourth-order valence-corrected chi connectivity index (χ4v) is 4.33. The van der Waals surface area contributed by atoms with Gasteiger partial charge in [-0.15, -0.1) is 0 Å². The average molecular weight is 662 g/mol. The van der Waals surface area contributed by atoms with Crippen LogP contribution in [-0.4, -0.2) is 83.5 Å². The highest BCUT2D eigenvalue weighted by Crippen LogP contribution is 2.44. The largest absolute Gasteiger partial charge is 0.533 e. The van der Waals surface area contributed by atoms with E-state index in [0.29, 0.717) is 18.3 Å². The summed E-state index contributed by atoms with van der Waals surface area (Å²) < 4.78 is 25.2. The Morgan fingerprint density at radius 1 is 0.681 bits per heavy atom. The number of hydrogen-bond donors (Lipinski definition) is 0. The molecule has 1 aliphatic heterocycles. The number of carbonyl (C=O) groups is 3. The summed E-state index contributed by atoms with van der Waals surface area (Å²) in [7, 11) is 3.37. The molecule has 0 bridgehead atoms. The van der Waals surface area contributed by atoms with Gasteiger partial charge in [-0.3, -0.25) is 14.4 Å². The lowest BCUT2D eigenvalue weighted by Crippen LogP contribution is -2.32. The number of rotatable bonds is 15. The summed E-state index contributed by atoms with van der Waals surface area (Å²) in [5, 5.41) is 0.485. The van der Waals surface area contributed by atoms with E-state index in [2.05, 4.69) is 13.8 Å². The van der Waals surface area contributed by atoms with E-state index in [1.165, 1.54) is 12.8 Å². The number of benzene rings is 2. The van der Waals surface area contributed by atoms with Gasteiger partial charge in [-0.05, 0) is 35.1 Å². The maximum absolute atomic E-state index is 11.9. The summed E-state index contributed by atoms with van der Waals surface area (Å²) in [6.45, 7) is 17.0. The average Bonchev–Trinajstić information content (AvgIpc) is 3.61. The maximum Gasteiger partial charge on any atom is 0.533 e. The summed E-state index contributed by atoms with van der Waals surface area (Å²) >= 11 is 0. The molecular weight excluding hydrogens is 602 g/mol. The van der Waals surface area contributed by atoms with E-state index in [1.54, 1.807) is 14.2 Å². The Morgan fingerprint density at radius 3 is 1.51 bits per heavy atom. The Morgan fingerprint density at radius 2 is 1.11 bits per heavy atom. The Kier molecular flexibility index (Phi) is 26.8. The number of ether oxygens (including phenoxy) is 5. The summed E-state index contributed by atoms with van der Waals surface area (Å²) in [6, 6.07) is 15.9. The molecule has 266 valence electrons. The first-order chi connectivity index (χ1) is 23.0. The van der Waals surface area contributed by atoms with Crippen molar-refractivity contribution in [3.63, 3.8) is 0 Å². The minimum absolute atomic E-state index is 0.0511. The molecule has 4 rings (SSSR count). The number of amides is 2. The number of carbonyl (C=O) groups excluding carboxylic acids is 3. The fraction of sp³-hybridized carbons (Fsp3) is 0.595. The molecule has 0 spiro atoms. The number of imide groups is 1. The van der Waals surface area contributed by atoms with Crippen LogP contribution in [0, 0.1) is 0 Å². The van der Waals surface area contributed by atoms with Gasteiger partial charge in [0.1, 0.15) is 6.61 Å². The molecule has 0 unspecified atom stereocenters. The monoisotopic (exact) mass is 661 g/mol. The maximum atomic E-state index is 11.9. The first-order valence-corrected chi connectivity index (χ1v) is 17.0. The van der Waals surface area contributed by atoms with E-state index in [4.69, 9.17) is 28.5 Å². The molecule has 0 atom stereocenters. The molecule has 0 radical (unpaired) electrons. The molecular formula is C37H59NO9. The molecule has 1 fully saturated rings. The molecule has 0 saturated carbocycles. The molecule has 1 saturated heterocycles. The van der Waals surface area contributed by atoms with Gasteiger partial charge in [-0.1, -0.05) is 108 Å². The summed E-state index contributed by atoms with van der Waals surface area (Å²) in [5.74, 6) is -1.16. The Balaban J connectivity index is 0.000000800. The lowest BCUT2D eigenvalue weighted by Gasteiger charge is -2.16. The smallest absolute Gasteiger partial charge is 0.432 e. The van der Waals surface area contributed by atoms with Gasteiger partial charge in [0.2, 0.25) is 0 Å². The van der Waals surface area contributed by atoms with Gasteiger partial charge in [0.15, 0.2) is 0 Å². The van der Waals surface area contributed by atoms with E-state index in [-0.39, 0.29) is 25.4 Å². The molecule has 0 aromatic heterocycles. The molecule has 2 aromatic carbocycles. The topological polar surface area (TPSA) is 110 Å². The van der Waals surface area contributed by atoms with Crippen molar-refractivity contribution >= 4 is 18.0 Å². The summed E-state index contributed by atoms with van der Waals surface area (Å²) in [6.07, 6.45) is 3.77. The second-order valence-corrected chi connectivity index (χ2v) is 9.88. The van der Waals surface area contributed by atoms with Gasteiger partial charge < -0.3 is 23.7 Å². The predicted octanol–water partition coefficient (Wildman–Crippen LogP) is 7.97. The van der Waals surface area contributed by atoms with Crippen molar-refractivity contribution in [1.29, 1.82) is 0 Å². The Hall–Kier alpha value is -3.31. The normalized spacial score (nSPS) is 12.6. The van der Waals surface area contributed by atoms with Crippen molar-refractivity contribution in [2.75, 3.05) is 60.5 Å². The zero-order valence-electron chi connectivity index (χ0n) is 30.0. The van der Waals surface area contributed by atoms with Crippen LogP contribution in [0.5, 0.6) is 0 Å². The number of hydroxylamine groups is 2. The van der Waals surface area contributed by atoms with Crippen LogP contribution in [0.1, 0.15) is 97.1 Å². The van der Waals surface area contributed by atoms with Crippen LogP contribution in [0.2, 0.25) is 0 Å². The predicted molar refractivity (Wildman–Crippen MR) is 185 cm³/mol. The highest BCUT2D eigenvalue weighted by molar-refractivity contribution is 6.01. The first kappa shape index (κ1) is 43.7. The Labute approximate surface area is 283 Å². The summed E-state index contributed by atoms with van der Waals surface area (Å²) in [5.41, 5.74) is 4.38. The van der Waals surface area contributed by atoms with Crippen molar-refractivity contribution in [2.24, 2.45) is 0 Å². The van der Waals surface area contributed by atoms with Crippen molar-refractivity contribution in [3.8, 4) is 11.1 Å². The van der Waals surface area contributed by atoms with Crippen LogP contribution in [0.4, 0.5) is 4.79 Å². The summed E-state index contributed by atoms with van der Waals surface area (Å²) in [4.78, 5) is 39.6. The van der Waals surface area contributed by atoms with E-state index >= 15 is 0 Å². The minimum Gasteiger partial charge on any atom is -0.432 e. The van der Waals surface area contributed by atoms with Crippen LogP contribution in [0.15, 0.2) is 48.5 Å². The fourth-order valence-electron chi connectivity index (χ4n) is 4.33. The van der Waals surface area contributed by atoms with Crippen LogP contribution < -0.4 is 0 Å². The second-order valence-electron chi connectivity index (χ2n) is 9.88. The standard InChI is InChI=1S/C19H15NO5.2C7H16O2.2C2H6/c21-17-9-10-18(22)20(17)25-19(23)24-11-16-14-7-3-1-5-12(14)13-6-2-4-8-15(13)16;2*1-3-4-5-9-7-6-8-2;2*1-2/h1-8,16H,9-11H2;2*3-7H2,1-2H3;2*1-2H3. The lowest BCUT2D eigenvalue weighted by molar-refractivity contribution is -0.177. The molecule has 10 nitrogen and oxygen atoms in total. The third-order valence-corrected chi connectivity index (χ3v) is 6.65. The number of methoxy groups -OCH3 is 2. The van der Waals surface area contributed by atoms with Gasteiger partial charge in [0.25, 0.3) is 11.8 Å². The molecule has 47 heavy (non-hydrogen) atoms. The molecule has 2 amide bonds. The van der Waals surface area contributed by atoms with Crippen LogP contribution in [0.25, 0.3) is 11.1 Å². The third kappa shape index (κ3) is 16.9. The van der Waals surface area contributed by atoms with Crippen molar-refractivity contribution in [2.45, 2.75) is 86.0 Å². The molecule has 2 aromatic rings. The number of hydrogen-bond acceptors (Lipinski definition) is 9. The number of unbranched alkanes of at least 4 members (excludes halogenated alkanes) is 2. The quantitative estimate of drug-likeness (QED) is 0.107. The van der Waals surface area contributed by atoms with Gasteiger partial charge in [0.05, 0.1) is 26.4 Å². The zero-order valence-corrected chi connectivity index (χ0v) is 30.0. The highest BCUT2D eigenvalue weighted by atomic mass is 16.8. The molecule has 2 aliphatic rings. The molecule has 1 aliphatic carbocycles. The van der Waals surface area contributed by atoms with Crippen molar-refractivity contribution in [1.82, 2.24) is 5.06 Å². The molecule has 1 heterocycles. The number of nitrogens with zero attached hydrogens (tertiary/aromatic N) is 1. The van der Waals surface area contributed by atoms with Crippen LogP contribution in [-0.2, 0) is 38.1 Å². The lowest BCUT2D eigenvalue weighted by atomic mass is 9.98. The van der Waals surface area contributed by atoms with Crippen LogP contribution >= 0.6 is 0 Å².